The van der Waals surface area contributed by atoms with Gasteiger partial charge < -0.3 is 9.80 Å². The fourth-order valence-electron chi connectivity index (χ4n) is 5.04. The number of hydrogen-bond acceptors (Lipinski definition) is 2. The minimum atomic E-state index is 0.302. The standard InChI is InChI=1S/C25H26N2/c1-16(2)26-18(4)27(23-12-8-5-9-17(23)3)25-22-15-19-10-6-7-11-20(19)21(22)13-14-24(25)26/h5-14,16,18H,15H2,1-4H3/t18-/m0/s1. The maximum absolute atomic E-state index is 2.56. The lowest BCUT2D eigenvalue weighted by molar-refractivity contribution is 0.606. The van der Waals surface area contributed by atoms with Crippen LogP contribution in [-0.2, 0) is 6.42 Å². The molecule has 0 saturated heterocycles. The third-order valence-electron chi connectivity index (χ3n) is 6.16. The molecule has 0 N–H and O–H groups in total. The van der Waals surface area contributed by atoms with Crippen molar-refractivity contribution in [1.29, 1.82) is 0 Å². The van der Waals surface area contributed by atoms with E-state index in [4.69, 9.17) is 0 Å². The Kier molecular flexibility index (Phi) is 3.58. The smallest absolute Gasteiger partial charge is 0.104 e. The van der Waals surface area contributed by atoms with Crippen LogP contribution in [-0.4, -0.2) is 12.2 Å². The van der Waals surface area contributed by atoms with Crippen molar-refractivity contribution < 1.29 is 0 Å². The van der Waals surface area contributed by atoms with Crippen LogP contribution in [0.1, 0.15) is 37.5 Å². The van der Waals surface area contributed by atoms with E-state index in [1.165, 1.54) is 44.9 Å². The summed E-state index contributed by atoms with van der Waals surface area (Å²) >= 11 is 0. The molecule has 0 fully saturated rings. The maximum atomic E-state index is 2.56. The summed E-state index contributed by atoms with van der Waals surface area (Å²) < 4.78 is 0. The van der Waals surface area contributed by atoms with E-state index in [9.17, 15) is 0 Å². The molecule has 1 aliphatic carbocycles. The largest absolute Gasteiger partial charge is 0.347 e. The highest BCUT2D eigenvalue weighted by Gasteiger charge is 2.39. The summed E-state index contributed by atoms with van der Waals surface area (Å²) in [7, 11) is 0. The van der Waals surface area contributed by atoms with E-state index >= 15 is 0 Å². The number of anilines is 3. The van der Waals surface area contributed by atoms with Crippen molar-refractivity contribution in [3.8, 4) is 11.1 Å². The SMILES string of the molecule is Cc1ccccc1N1c2c(ccc3c2Cc2ccccc2-3)N(C(C)C)[C@@H]1C. The van der Waals surface area contributed by atoms with Gasteiger partial charge in [0.25, 0.3) is 0 Å². The molecular formula is C25H26N2. The lowest BCUT2D eigenvalue weighted by atomic mass is 10.0. The molecule has 1 aliphatic heterocycles. The predicted molar refractivity (Wildman–Crippen MR) is 115 cm³/mol. The van der Waals surface area contributed by atoms with Gasteiger partial charge in [0.15, 0.2) is 0 Å². The highest BCUT2D eigenvalue weighted by atomic mass is 15.4. The van der Waals surface area contributed by atoms with Crippen molar-refractivity contribution in [3.63, 3.8) is 0 Å². The number of benzene rings is 3. The van der Waals surface area contributed by atoms with Gasteiger partial charge in [-0.25, -0.2) is 0 Å². The number of nitrogens with zero attached hydrogens (tertiary/aromatic N) is 2. The molecule has 2 aliphatic rings. The Morgan fingerprint density at radius 3 is 2.37 bits per heavy atom. The fraction of sp³-hybridized carbons (Fsp3) is 0.280. The number of aryl methyl sites for hydroxylation is 1. The van der Waals surface area contributed by atoms with Gasteiger partial charge in [-0.15, -0.1) is 0 Å². The number of hydrogen-bond donors (Lipinski definition) is 0. The molecule has 3 aromatic rings. The van der Waals surface area contributed by atoms with Crippen LogP contribution in [0.3, 0.4) is 0 Å². The first-order valence-corrected chi connectivity index (χ1v) is 9.95. The van der Waals surface area contributed by atoms with E-state index < -0.39 is 0 Å². The van der Waals surface area contributed by atoms with Crippen LogP contribution < -0.4 is 9.80 Å². The van der Waals surface area contributed by atoms with Gasteiger partial charge in [0.2, 0.25) is 0 Å². The predicted octanol–water partition coefficient (Wildman–Crippen LogP) is 6.28. The lowest BCUT2D eigenvalue weighted by Gasteiger charge is -2.33. The zero-order chi connectivity index (χ0) is 18.7. The third kappa shape index (κ3) is 2.26. The Labute approximate surface area is 162 Å². The van der Waals surface area contributed by atoms with Crippen LogP contribution >= 0.6 is 0 Å². The summed E-state index contributed by atoms with van der Waals surface area (Å²) in [5.74, 6) is 0. The Balaban J connectivity index is 1.77. The average Bonchev–Trinajstić information content (AvgIpc) is 3.17. The average molecular weight is 354 g/mol. The first-order chi connectivity index (χ1) is 13.1. The molecule has 5 rings (SSSR count). The highest BCUT2D eigenvalue weighted by Crippen LogP contribution is 2.53. The van der Waals surface area contributed by atoms with Crippen molar-refractivity contribution in [1.82, 2.24) is 0 Å². The molecule has 0 radical (unpaired) electrons. The molecule has 2 nitrogen and oxygen atoms in total. The molecule has 1 heterocycles. The molecule has 0 bridgehead atoms. The molecule has 27 heavy (non-hydrogen) atoms. The summed E-state index contributed by atoms with van der Waals surface area (Å²) in [5.41, 5.74) is 11.1. The van der Waals surface area contributed by atoms with Gasteiger partial charge in [-0.05, 0) is 67.6 Å². The number of rotatable bonds is 2. The Morgan fingerprint density at radius 1 is 0.852 bits per heavy atom. The summed E-state index contributed by atoms with van der Waals surface area (Å²) in [6.45, 7) is 9.14. The van der Waals surface area contributed by atoms with E-state index in [0.717, 1.165) is 6.42 Å². The zero-order valence-corrected chi connectivity index (χ0v) is 16.5. The zero-order valence-electron chi connectivity index (χ0n) is 16.5. The molecule has 0 saturated carbocycles. The van der Waals surface area contributed by atoms with Gasteiger partial charge in [-0.3, -0.25) is 0 Å². The normalized spacial score (nSPS) is 17.3. The second-order valence-corrected chi connectivity index (χ2v) is 8.08. The van der Waals surface area contributed by atoms with Gasteiger partial charge in [-0.2, -0.15) is 0 Å². The van der Waals surface area contributed by atoms with Gasteiger partial charge in [0.1, 0.15) is 6.17 Å². The second kappa shape index (κ2) is 5.88. The Hall–Kier alpha value is -2.74. The molecule has 2 heteroatoms. The van der Waals surface area contributed by atoms with Gasteiger partial charge in [0.05, 0.1) is 11.4 Å². The van der Waals surface area contributed by atoms with E-state index in [2.05, 4.69) is 98.2 Å². The highest BCUT2D eigenvalue weighted by molar-refractivity contribution is 5.94. The lowest BCUT2D eigenvalue weighted by Crippen LogP contribution is -2.42. The van der Waals surface area contributed by atoms with E-state index in [0.29, 0.717) is 12.2 Å². The monoisotopic (exact) mass is 354 g/mol. The van der Waals surface area contributed by atoms with E-state index in [-0.39, 0.29) is 0 Å². The van der Waals surface area contributed by atoms with Crippen LogP contribution in [0.2, 0.25) is 0 Å². The first kappa shape index (κ1) is 16.4. The minimum Gasteiger partial charge on any atom is -0.347 e. The van der Waals surface area contributed by atoms with Crippen LogP contribution in [0.25, 0.3) is 11.1 Å². The molecular weight excluding hydrogens is 328 g/mol. The molecule has 0 unspecified atom stereocenters. The van der Waals surface area contributed by atoms with Crippen molar-refractivity contribution in [3.05, 3.63) is 77.4 Å². The minimum absolute atomic E-state index is 0.302. The van der Waals surface area contributed by atoms with Crippen LogP contribution in [0, 0.1) is 6.92 Å². The molecule has 0 amide bonds. The first-order valence-electron chi connectivity index (χ1n) is 9.95. The van der Waals surface area contributed by atoms with E-state index in [1.807, 2.05) is 0 Å². The topological polar surface area (TPSA) is 6.48 Å². The van der Waals surface area contributed by atoms with Crippen molar-refractivity contribution in [2.24, 2.45) is 0 Å². The Bertz CT molecular complexity index is 1030. The summed E-state index contributed by atoms with van der Waals surface area (Å²) in [6.07, 6.45) is 1.33. The van der Waals surface area contributed by atoms with Gasteiger partial charge >= 0.3 is 0 Å². The van der Waals surface area contributed by atoms with Crippen LogP contribution in [0.4, 0.5) is 17.1 Å². The molecule has 1 atom stereocenters. The van der Waals surface area contributed by atoms with Gasteiger partial charge in [-0.1, -0.05) is 48.5 Å². The van der Waals surface area contributed by atoms with Crippen molar-refractivity contribution in [2.45, 2.75) is 46.3 Å². The number of fused-ring (bicyclic) bond motifs is 5. The van der Waals surface area contributed by atoms with Crippen LogP contribution in [0.5, 0.6) is 0 Å². The maximum Gasteiger partial charge on any atom is 0.104 e. The molecule has 0 aromatic heterocycles. The summed E-state index contributed by atoms with van der Waals surface area (Å²) in [4.78, 5) is 5.13. The van der Waals surface area contributed by atoms with Crippen molar-refractivity contribution >= 4 is 17.1 Å². The fourth-order valence-corrected chi connectivity index (χ4v) is 5.04. The van der Waals surface area contributed by atoms with Gasteiger partial charge in [0, 0.05) is 18.2 Å². The summed E-state index contributed by atoms with van der Waals surface area (Å²) in [5, 5.41) is 0. The molecule has 3 aromatic carbocycles. The Morgan fingerprint density at radius 2 is 1.59 bits per heavy atom. The molecule has 136 valence electrons. The number of para-hydroxylation sites is 1. The third-order valence-corrected chi connectivity index (χ3v) is 6.16. The van der Waals surface area contributed by atoms with Crippen molar-refractivity contribution in [2.75, 3.05) is 9.80 Å². The van der Waals surface area contributed by atoms with E-state index in [1.54, 1.807) is 0 Å². The van der Waals surface area contributed by atoms with Crippen LogP contribution in [0.15, 0.2) is 60.7 Å². The summed E-state index contributed by atoms with van der Waals surface area (Å²) in [6, 6.07) is 22.8. The quantitative estimate of drug-likeness (QED) is 0.418. The second-order valence-electron chi connectivity index (χ2n) is 8.08. The molecule has 0 spiro atoms.